The molecular weight excluding hydrogens is 521 g/mol. The van der Waals surface area contributed by atoms with Crippen LogP contribution in [0.2, 0.25) is 10.0 Å². The summed E-state index contributed by atoms with van der Waals surface area (Å²) in [5.74, 6) is 8.54. The molecule has 2 aromatic carbocycles. The standard InChI is InChI=1S/C29H27Cl2N5O2/c1-3-34-27(37)24-26(36-18-29(33-28(34)36)13-7-8-14-29)32-23(12-11-19-9-5-4-6-10-19)35(24)17-20-15-21(30)25(38-2)22(31)16-20/h4-6,9-10,15-16H,3,7-8,13-14,17-18H2,1-2H3. The highest BCUT2D eigenvalue weighted by atomic mass is 35.5. The Labute approximate surface area is 232 Å². The van der Waals surface area contributed by atoms with Gasteiger partial charge in [0.2, 0.25) is 5.96 Å². The number of carbonyl (C=O) groups is 1. The maximum atomic E-state index is 14.0. The molecule has 3 aromatic rings. The van der Waals surface area contributed by atoms with Crippen molar-refractivity contribution < 1.29 is 9.53 Å². The average Bonchev–Trinajstić information content (AvgIpc) is 3.61. The number of benzene rings is 2. The van der Waals surface area contributed by atoms with Crippen molar-refractivity contribution in [1.29, 1.82) is 0 Å². The van der Waals surface area contributed by atoms with Crippen molar-refractivity contribution in [3.63, 3.8) is 0 Å². The number of imidazole rings is 1. The number of aliphatic imine (C=N–C) groups is 1. The lowest BCUT2D eigenvalue weighted by atomic mass is 9.99. The molecule has 2 aliphatic heterocycles. The molecule has 0 unspecified atom stereocenters. The summed E-state index contributed by atoms with van der Waals surface area (Å²) in [5.41, 5.74) is 2.03. The molecule has 1 fully saturated rings. The molecule has 3 heterocycles. The van der Waals surface area contributed by atoms with Gasteiger partial charge in [-0.25, -0.2) is 9.98 Å². The highest BCUT2D eigenvalue weighted by molar-refractivity contribution is 6.37. The molecule has 0 saturated heterocycles. The third kappa shape index (κ3) is 4.13. The van der Waals surface area contributed by atoms with Crippen molar-refractivity contribution in [3.05, 3.63) is 75.2 Å². The van der Waals surface area contributed by atoms with Crippen molar-refractivity contribution in [2.45, 2.75) is 44.7 Å². The van der Waals surface area contributed by atoms with Gasteiger partial charge < -0.3 is 9.30 Å². The largest absolute Gasteiger partial charge is 0.494 e. The van der Waals surface area contributed by atoms with Crippen molar-refractivity contribution in [3.8, 4) is 17.6 Å². The number of hydrogen-bond acceptors (Lipinski definition) is 5. The van der Waals surface area contributed by atoms with Crippen LogP contribution < -0.4 is 9.64 Å². The number of aromatic nitrogens is 2. The number of hydrogen-bond donors (Lipinski definition) is 0. The first-order valence-electron chi connectivity index (χ1n) is 12.8. The zero-order valence-electron chi connectivity index (χ0n) is 21.3. The second-order valence-corrected chi connectivity index (χ2v) is 10.7. The van der Waals surface area contributed by atoms with E-state index in [-0.39, 0.29) is 11.4 Å². The summed E-state index contributed by atoms with van der Waals surface area (Å²) in [6, 6.07) is 13.3. The first-order valence-corrected chi connectivity index (χ1v) is 13.6. The normalized spacial score (nSPS) is 17.3. The number of halogens is 2. The molecule has 1 aliphatic carbocycles. The summed E-state index contributed by atoms with van der Waals surface area (Å²) in [6.45, 7) is 3.53. The van der Waals surface area contributed by atoms with Crippen LogP contribution in [0.1, 0.15) is 60.0 Å². The number of amides is 1. The number of ether oxygens (including phenoxy) is 1. The van der Waals surface area contributed by atoms with E-state index in [9.17, 15) is 4.79 Å². The Morgan fingerprint density at radius 2 is 1.79 bits per heavy atom. The van der Waals surface area contributed by atoms with E-state index >= 15 is 0 Å². The van der Waals surface area contributed by atoms with Crippen molar-refractivity contribution in [2.75, 3.05) is 25.1 Å². The van der Waals surface area contributed by atoms with E-state index in [0.717, 1.165) is 43.4 Å². The lowest BCUT2D eigenvalue weighted by molar-refractivity contribution is 0.0836. The molecule has 0 atom stereocenters. The molecule has 38 heavy (non-hydrogen) atoms. The van der Waals surface area contributed by atoms with E-state index in [1.54, 1.807) is 17.0 Å². The summed E-state index contributed by atoms with van der Waals surface area (Å²) in [6.07, 6.45) is 4.36. The summed E-state index contributed by atoms with van der Waals surface area (Å²) in [5, 5.41) is 0.805. The molecule has 1 amide bonds. The Hall–Kier alpha value is -3.47. The van der Waals surface area contributed by atoms with Crippen molar-refractivity contribution >= 4 is 40.9 Å². The van der Waals surface area contributed by atoms with Crippen LogP contribution in [0.25, 0.3) is 0 Å². The first-order chi connectivity index (χ1) is 18.4. The highest BCUT2D eigenvalue weighted by Gasteiger charge is 2.49. The molecule has 7 nitrogen and oxygen atoms in total. The lowest BCUT2D eigenvalue weighted by Crippen LogP contribution is -2.51. The van der Waals surface area contributed by atoms with Gasteiger partial charge in [0.05, 0.1) is 35.8 Å². The fraction of sp³-hybridized carbons (Fsp3) is 0.345. The molecule has 0 N–H and O–H groups in total. The fourth-order valence-corrected chi connectivity index (χ4v) is 6.36. The minimum Gasteiger partial charge on any atom is -0.494 e. The number of carbonyl (C=O) groups excluding carboxylic acids is 1. The lowest BCUT2D eigenvalue weighted by Gasteiger charge is -2.33. The smallest absolute Gasteiger partial charge is 0.281 e. The molecule has 0 bridgehead atoms. The van der Waals surface area contributed by atoms with Gasteiger partial charge in [0.25, 0.3) is 5.91 Å². The van der Waals surface area contributed by atoms with Crippen LogP contribution in [0, 0.1) is 11.8 Å². The Morgan fingerprint density at radius 3 is 2.45 bits per heavy atom. The average molecular weight is 548 g/mol. The number of anilines is 1. The monoisotopic (exact) mass is 547 g/mol. The van der Waals surface area contributed by atoms with Crippen LogP contribution in [-0.2, 0) is 6.54 Å². The van der Waals surface area contributed by atoms with Crippen LogP contribution in [-0.4, -0.2) is 52.1 Å². The summed E-state index contributed by atoms with van der Waals surface area (Å²) in [4.78, 5) is 27.9. The van der Waals surface area contributed by atoms with Gasteiger partial charge in [-0.15, -0.1) is 0 Å². The predicted molar refractivity (Wildman–Crippen MR) is 149 cm³/mol. The third-order valence-corrected chi connectivity index (χ3v) is 8.03. The molecule has 3 aliphatic rings. The fourth-order valence-electron chi connectivity index (χ4n) is 5.67. The molecule has 1 aromatic heterocycles. The van der Waals surface area contributed by atoms with Gasteiger partial charge in [-0.05, 0) is 55.5 Å². The van der Waals surface area contributed by atoms with Crippen LogP contribution in [0.15, 0.2) is 47.5 Å². The Balaban J connectivity index is 1.50. The van der Waals surface area contributed by atoms with Gasteiger partial charge in [-0.3, -0.25) is 14.6 Å². The molecule has 6 rings (SSSR count). The quantitative estimate of drug-likeness (QED) is 0.398. The second-order valence-electron chi connectivity index (χ2n) is 9.88. The Kier molecular flexibility index (Phi) is 6.33. The van der Waals surface area contributed by atoms with Gasteiger partial charge in [0.1, 0.15) is 0 Å². The molecular formula is C29H27Cl2N5O2. The molecule has 0 radical (unpaired) electrons. The zero-order chi connectivity index (χ0) is 26.4. The Bertz CT molecular complexity index is 1490. The van der Waals surface area contributed by atoms with E-state index in [4.69, 9.17) is 37.9 Å². The highest BCUT2D eigenvalue weighted by Crippen LogP contribution is 2.43. The minimum atomic E-state index is -0.151. The van der Waals surface area contributed by atoms with Crippen molar-refractivity contribution in [2.24, 2.45) is 4.99 Å². The van der Waals surface area contributed by atoms with E-state index < -0.39 is 0 Å². The minimum absolute atomic E-state index is 0.126. The van der Waals surface area contributed by atoms with E-state index in [2.05, 4.69) is 16.7 Å². The van der Waals surface area contributed by atoms with Gasteiger partial charge in [0.15, 0.2) is 23.1 Å². The molecule has 1 spiro atoms. The van der Waals surface area contributed by atoms with Crippen LogP contribution >= 0.6 is 23.2 Å². The van der Waals surface area contributed by atoms with Gasteiger partial charge in [-0.2, -0.15) is 0 Å². The van der Waals surface area contributed by atoms with Gasteiger partial charge in [-0.1, -0.05) is 60.2 Å². The number of methoxy groups -OCH3 is 1. The maximum Gasteiger partial charge on any atom is 0.281 e. The molecule has 194 valence electrons. The number of rotatable bonds is 4. The predicted octanol–water partition coefficient (Wildman–Crippen LogP) is 5.61. The van der Waals surface area contributed by atoms with Crippen LogP contribution in [0.4, 0.5) is 5.82 Å². The summed E-state index contributed by atoms with van der Waals surface area (Å²) in [7, 11) is 1.53. The van der Waals surface area contributed by atoms with Crippen LogP contribution in [0.5, 0.6) is 5.75 Å². The number of nitrogens with zero attached hydrogens (tertiary/aromatic N) is 5. The summed E-state index contributed by atoms with van der Waals surface area (Å²) < 4.78 is 7.20. The van der Waals surface area contributed by atoms with Crippen molar-refractivity contribution in [1.82, 2.24) is 14.5 Å². The van der Waals surface area contributed by atoms with Crippen LogP contribution in [0.3, 0.4) is 0 Å². The van der Waals surface area contributed by atoms with Gasteiger partial charge in [0, 0.05) is 12.1 Å². The zero-order valence-corrected chi connectivity index (χ0v) is 22.8. The molecule has 1 saturated carbocycles. The number of fused-ring (bicyclic) bond motifs is 3. The molecule has 9 heteroatoms. The third-order valence-electron chi connectivity index (χ3n) is 7.47. The SMILES string of the molecule is CCN1C(=O)c2c(nc(C#Cc3ccccc3)n2Cc2cc(Cl)c(OC)c(Cl)c2)N2CC3(CCCC3)N=C12. The van der Waals surface area contributed by atoms with E-state index in [1.807, 2.05) is 41.8 Å². The Morgan fingerprint density at radius 1 is 1.08 bits per heavy atom. The summed E-state index contributed by atoms with van der Waals surface area (Å²) >= 11 is 12.9. The van der Waals surface area contributed by atoms with Gasteiger partial charge >= 0.3 is 0 Å². The topological polar surface area (TPSA) is 63.0 Å². The number of guanidine groups is 1. The maximum absolute atomic E-state index is 14.0. The second kappa shape index (κ2) is 9.68. The van der Waals surface area contributed by atoms with E-state index in [1.165, 1.54) is 7.11 Å². The first kappa shape index (κ1) is 24.8. The van der Waals surface area contributed by atoms with E-state index in [0.29, 0.717) is 52.2 Å².